The molecule has 0 unspecified atom stereocenters. The summed E-state index contributed by atoms with van der Waals surface area (Å²) in [7, 11) is 0. The van der Waals surface area contributed by atoms with E-state index in [2.05, 4.69) is 9.88 Å². The van der Waals surface area contributed by atoms with Crippen LogP contribution >= 0.6 is 0 Å². The van der Waals surface area contributed by atoms with Crippen molar-refractivity contribution in [1.29, 1.82) is 0 Å². The first-order valence-corrected chi connectivity index (χ1v) is 9.43. The van der Waals surface area contributed by atoms with Gasteiger partial charge in [0.2, 0.25) is 5.91 Å². The molecule has 26 heavy (non-hydrogen) atoms. The molecule has 0 bridgehead atoms. The SMILES string of the molecule is O=C(C1CCC1)N1CCCN(Cc2cc(=O)c3cccc(F)c3[nH]2)CC1. The predicted octanol–water partition coefficient (Wildman–Crippen LogP) is 2.50. The molecule has 1 aliphatic carbocycles. The van der Waals surface area contributed by atoms with Crippen molar-refractivity contribution in [2.75, 3.05) is 26.2 Å². The number of para-hydroxylation sites is 1. The summed E-state index contributed by atoms with van der Waals surface area (Å²) in [6, 6.07) is 6.11. The zero-order valence-corrected chi connectivity index (χ0v) is 14.8. The van der Waals surface area contributed by atoms with Crippen molar-refractivity contribution in [2.24, 2.45) is 5.92 Å². The third-order valence-corrected chi connectivity index (χ3v) is 5.62. The number of nitrogens with one attached hydrogen (secondary N) is 1. The van der Waals surface area contributed by atoms with Crippen LogP contribution in [0.15, 0.2) is 29.1 Å². The smallest absolute Gasteiger partial charge is 0.225 e. The number of carbonyl (C=O) groups excluding carboxylic acids is 1. The lowest BCUT2D eigenvalue weighted by molar-refractivity contribution is -0.138. The molecule has 1 aromatic carbocycles. The van der Waals surface area contributed by atoms with Gasteiger partial charge in [0.1, 0.15) is 5.82 Å². The Labute approximate surface area is 151 Å². The number of aromatic amines is 1. The average molecular weight is 357 g/mol. The monoisotopic (exact) mass is 357 g/mol. The summed E-state index contributed by atoms with van der Waals surface area (Å²) in [6.07, 6.45) is 4.15. The molecule has 1 amide bonds. The van der Waals surface area contributed by atoms with Crippen LogP contribution in [0.5, 0.6) is 0 Å². The van der Waals surface area contributed by atoms with Crippen molar-refractivity contribution < 1.29 is 9.18 Å². The van der Waals surface area contributed by atoms with E-state index in [0.29, 0.717) is 23.5 Å². The van der Waals surface area contributed by atoms with Gasteiger partial charge in [-0.3, -0.25) is 14.5 Å². The van der Waals surface area contributed by atoms with E-state index in [1.807, 2.05) is 4.90 Å². The summed E-state index contributed by atoms with van der Waals surface area (Å²) in [5, 5.41) is 0.377. The Kier molecular flexibility index (Phi) is 4.76. The molecule has 2 heterocycles. The highest BCUT2D eigenvalue weighted by Gasteiger charge is 2.30. The number of carbonyl (C=O) groups is 1. The van der Waals surface area contributed by atoms with E-state index >= 15 is 0 Å². The molecular weight excluding hydrogens is 333 g/mol. The Hall–Kier alpha value is -2.21. The molecule has 0 spiro atoms. The Morgan fingerprint density at radius 1 is 1.15 bits per heavy atom. The standard InChI is InChI=1S/C20H24FN3O2/c21-17-7-2-6-16-18(25)12-15(22-19(16)17)13-23-8-3-9-24(11-10-23)20(26)14-4-1-5-14/h2,6-7,12,14H,1,3-5,8-11,13H2,(H,22,25). The van der Waals surface area contributed by atoms with E-state index in [9.17, 15) is 14.0 Å². The molecule has 1 saturated heterocycles. The first-order chi connectivity index (χ1) is 12.6. The van der Waals surface area contributed by atoms with Crippen LogP contribution in [-0.4, -0.2) is 46.9 Å². The van der Waals surface area contributed by atoms with Gasteiger partial charge in [-0.1, -0.05) is 12.5 Å². The van der Waals surface area contributed by atoms with Crippen LogP contribution in [0.3, 0.4) is 0 Å². The van der Waals surface area contributed by atoms with Crippen LogP contribution in [0.25, 0.3) is 10.9 Å². The van der Waals surface area contributed by atoms with Crippen LogP contribution in [0, 0.1) is 11.7 Å². The van der Waals surface area contributed by atoms with Gasteiger partial charge in [0.05, 0.1) is 5.52 Å². The molecule has 6 heteroatoms. The summed E-state index contributed by atoms with van der Waals surface area (Å²) < 4.78 is 14.0. The summed E-state index contributed by atoms with van der Waals surface area (Å²) in [4.78, 5) is 32.0. The van der Waals surface area contributed by atoms with Crippen molar-refractivity contribution in [3.8, 4) is 0 Å². The van der Waals surface area contributed by atoms with Crippen LogP contribution in [0.4, 0.5) is 4.39 Å². The first kappa shape index (κ1) is 17.2. The summed E-state index contributed by atoms with van der Waals surface area (Å²) in [5.74, 6) is 0.134. The fraction of sp³-hybridized carbons (Fsp3) is 0.500. The zero-order valence-electron chi connectivity index (χ0n) is 14.8. The minimum atomic E-state index is -0.408. The molecule has 1 saturated carbocycles. The summed E-state index contributed by atoms with van der Waals surface area (Å²) in [6.45, 7) is 3.72. The number of hydrogen-bond acceptors (Lipinski definition) is 3. The molecule has 1 aromatic heterocycles. The Bertz CT molecular complexity index is 875. The molecule has 2 aliphatic rings. The lowest BCUT2D eigenvalue weighted by Crippen LogP contribution is -2.41. The predicted molar refractivity (Wildman–Crippen MR) is 98.3 cm³/mol. The first-order valence-electron chi connectivity index (χ1n) is 9.43. The summed E-state index contributed by atoms with van der Waals surface area (Å²) in [5.41, 5.74) is 0.822. The number of aromatic nitrogens is 1. The average Bonchev–Trinajstić information content (AvgIpc) is 2.80. The van der Waals surface area contributed by atoms with Crippen molar-refractivity contribution in [1.82, 2.24) is 14.8 Å². The molecule has 1 aliphatic heterocycles. The van der Waals surface area contributed by atoms with Gasteiger partial charge in [0, 0.05) is 55.8 Å². The quantitative estimate of drug-likeness (QED) is 0.918. The minimum absolute atomic E-state index is 0.162. The maximum atomic E-state index is 14.0. The van der Waals surface area contributed by atoms with Gasteiger partial charge in [0.15, 0.2) is 5.43 Å². The van der Waals surface area contributed by atoms with E-state index in [1.54, 1.807) is 18.2 Å². The third kappa shape index (κ3) is 3.38. The van der Waals surface area contributed by atoms with E-state index in [4.69, 9.17) is 0 Å². The van der Waals surface area contributed by atoms with E-state index in [1.165, 1.54) is 12.5 Å². The van der Waals surface area contributed by atoms with Crippen molar-refractivity contribution in [3.63, 3.8) is 0 Å². The number of amides is 1. The van der Waals surface area contributed by atoms with Crippen LogP contribution in [0.1, 0.15) is 31.4 Å². The van der Waals surface area contributed by atoms with Crippen LogP contribution < -0.4 is 5.43 Å². The lowest BCUT2D eigenvalue weighted by Gasteiger charge is -2.31. The second-order valence-electron chi connectivity index (χ2n) is 7.40. The Morgan fingerprint density at radius 2 is 2.00 bits per heavy atom. The fourth-order valence-electron chi connectivity index (χ4n) is 3.88. The fourth-order valence-corrected chi connectivity index (χ4v) is 3.88. The molecule has 138 valence electrons. The van der Waals surface area contributed by atoms with Crippen molar-refractivity contribution >= 4 is 16.8 Å². The van der Waals surface area contributed by atoms with E-state index < -0.39 is 5.82 Å². The minimum Gasteiger partial charge on any atom is -0.355 e. The number of halogens is 1. The van der Waals surface area contributed by atoms with Gasteiger partial charge in [-0.15, -0.1) is 0 Å². The zero-order chi connectivity index (χ0) is 18.1. The van der Waals surface area contributed by atoms with Gasteiger partial charge in [-0.2, -0.15) is 0 Å². The van der Waals surface area contributed by atoms with Crippen molar-refractivity contribution in [2.45, 2.75) is 32.2 Å². The molecule has 1 N–H and O–H groups in total. The number of H-pyrrole nitrogens is 1. The van der Waals surface area contributed by atoms with E-state index in [0.717, 1.165) is 45.4 Å². The number of rotatable bonds is 3. The number of benzene rings is 1. The van der Waals surface area contributed by atoms with Gasteiger partial charge in [-0.05, 0) is 31.4 Å². The molecule has 2 aromatic rings. The van der Waals surface area contributed by atoms with Crippen LogP contribution in [0.2, 0.25) is 0 Å². The second kappa shape index (κ2) is 7.19. The molecule has 2 fully saturated rings. The van der Waals surface area contributed by atoms with Crippen molar-refractivity contribution in [3.05, 3.63) is 46.0 Å². The number of hydrogen-bond donors (Lipinski definition) is 1. The van der Waals surface area contributed by atoms with Crippen LogP contribution in [-0.2, 0) is 11.3 Å². The van der Waals surface area contributed by atoms with Gasteiger partial charge >= 0.3 is 0 Å². The highest BCUT2D eigenvalue weighted by atomic mass is 19.1. The van der Waals surface area contributed by atoms with Gasteiger partial charge < -0.3 is 9.88 Å². The van der Waals surface area contributed by atoms with Gasteiger partial charge in [-0.25, -0.2) is 4.39 Å². The Morgan fingerprint density at radius 3 is 2.77 bits per heavy atom. The normalized spacial score (nSPS) is 19.3. The molecule has 0 radical (unpaired) electrons. The highest BCUT2D eigenvalue weighted by molar-refractivity contribution is 5.80. The molecule has 4 rings (SSSR count). The highest BCUT2D eigenvalue weighted by Crippen LogP contribution is 2.28. The molecule has 0 atom stereocenters. The number of fused-ring (bicyclic) bond motifs is 1. The maximum absolute atomic E-state index is 14.0. The second-order valence-corrected chi connectivity index (χ2v) is 7.40. The third-order valence-electron chi connectivity index (χ3n) is 5.62. The lowest BCUT2D eigenvalue weighted by atomic mass is 9.84. The molecule has 5 nitrogen and oxygen atoms in total. The van der Waals surface area contributed by atoms with Gasteiger partial charge in [0.25, 0.3) is 0 Å². The summed E-state index contributed by atoms with van der Waals surface area (Å²) >= 11 is 0. The van der Waals surface area contributed by atoms with E-state index in [-0.39, 0.29) is 16.9 Å². The molecular formula is C20H24FN3O2. The number of nitrogens with zero attached hydrogens (tertiary/aromatic N) is 2. The largest absolute Gasteiger partial charge is 0.355 e. The topological polar surface area (TPSA) is 56.4 Å². The Balaban J connectivity index is 1.46. The number of pyridine rings is 1. The maximum Gasteiger partial charge on any atom is 0.225 e.